The average Bonchev–Trinajstić information content (AvgIpc) is 2.27. The molecule has 0 heterocycles. The van der Waals surface area contributed by atoms with Crippen molar-refractivity contribution in [3.8, 4) is 0 Å². The molecule has 1 fully saturated rings. The summed E-state index contributed by atoms with van der Waals surface area (Å²) in [7, 11) is -4.67. The fourth-order valence-corrected chi connectivity index (χ4v) is 1.90. The van der Waals surface area contributed by atoms with E-state index >= 15 is 0 Å². The number of aliphatic imine (C=N–C) groups is 1. The Hall–Kier alpha value is -0.900. The van der Waals surface area contributed by atoms with E-state index in [1.54, 1.807) is 0 Å². The van der Waals surface area contributed by atoms with Gasteiger partial charge < -0.3 is 16.8 Å². The van der Waals surface area contributed by atoms with Crippen LogP contribution in [-0.4, -0.2) is 42.6 Å². The number of hydrogen-bond acceptors (Lipinski definition) is 4. The summed E-state index contributed by atoms with van der Waals surface area (Å²) in [4.78, 5) is 3.94. The molecular weight excluding hydrogens is 272 g/mol. The van der Waals surface area contributed by atoms with E-state index in [1.807, 2.05) is 0 Å². The molecule has 0 aliphatic heterocycles. The zero-order valence-corrected chi connectivity index (χ0v) is 11.8. The molecule has 8 nitrogen and oxygen atoms in total. The second-order valence-electron chi connectivity index (χ2n) is 4.40. The molecule has 0 bridgehead atoms. The highest BCUT2D eigenvalue weighted by Crippen LogP contribution is 2.16. The van der Waals surface area contributed by atoms with E-state index in [0.29, 0.717) is 0 Å². The Morgan fingerprint density at radius 1 is 1.21 bits per heavy atom. The van der Waals surface area contributed by atoms with Crippen molar-refractivity contribution < 1.29 is 17.5 Å². The summed E-state index contributed by atoms with van der Waals surface area (Å²) < 4.78 is 31.6. The van der Waals surface area contributed by atoms with E-state index in [-0.39, 0.29) is 5.96 Å². The molecule has 1 saturated carbocycles. The van der Waals surface area contributed by atoms with Crippen molar-refractivity contribution in [2.45, 2.75) is 44.6 Å². The van der Waals surface area contributed by atoms with Gasteiger partial charge in [0.25, 0.3) is 0 Å². The van der Waals surface area contributed by atoms with E-state index < -0.39 is 10.4 Å². The fraction of sp³-hybridized carbons (Fsp3) is 0.900. The number of rotatable bonds is 5. The lowest BCUT2D eigenvalue weighted by Gasteiger charge is -2.22. The number of nitrogens with two attached hydrogens (primary N) is 2. The van der Waals surface area contributed by atoms with E-state index in [2.05, 4.69) is 10.3 Å². The second-order valence-corrected chi connectivity index (χ2v) is 5.29. The molecule has 0 aromatic rings. The normalized spacial score (nSPS) is 16.3. The lowest BCUT2D eigenvalue weighted by Crippen LogP contribution is -2.32. The van der Waals surface area contributed by atoms with Crippen molar-refractivity contribution in [1.82, 2.24) is 5.32 Å². The summed E-state index contributed by atoms with van der Waals surface area (Å²) in [6.07, 6.45) is 7.86. The van der Waals surface area contributed by atoms with E-state index in [4.69, 9.17) is 29.0 Å². The quantitative estimate of drug-likeness (QED) is 0.206. The monoisotopic (exact) mass is 296 g/mol. The Morgan fingerprint density at radius 3 is 2.21 bits per heavy atom. The molecule has 19 heavy (non-hydrogen) atoms. The maximum absolute atomic E-state index is 8.74. The van der Waals surface area contributed by atoms with Crippen LogP contribution in [0.4, 0.5) is 0 Å². The van der Waals surface area contributed by atoms with Gasteiger partial charge >= 0.3 is 10.4 Å². The van der Waals surface area contributed by atoms with Crippen LogP contribution in [0.15, 0.2) is 4.99 Å². The zero-order valence-electron chi connectivity index (χ0n) is 11.0. The van der Waals surface area contributed by atoms with Crippen LogP contribution in [0.3, 0.4) is 0 Å². The third-order valence-electron chi connectivity index (χ3n) is 2.67. The molecular formula is C10H24N4O4S. The maximum Gasteiger partial charge on any atom is 0.394 e. The Bertz CT molecular complexity index is 341. The van der Waals surface area contributed by atoms with Gasteiger partial charge in [-0.2, -0.15) is 8.42 Å². The molecule has 0 spiro atoms. The summed E-state index contributed by atoms with van der Waals surface area (Å²) in [5, 5.41) is 3.54. The SMILES string of the molecule is NC(N)=NCCCNC1CCCCC1.O=S(=O)(O)O. The maximum atomic E-state index is 8.74. The number of nitrogens with zero attached hydrogens (tertiary/aromatic N) is 1. The van der Waals surface area contributed by atoms with Gasteiger partial charge in [-0.3, -0.25) is 14.1 Å². The number of hydrogen-bond donors (Lipinski definition) is 5. The van der Waals surface area contributed by atoms with Crippen LogP contribution in [-0.2, 0) is 10.4 Å². The van der Waals surface area contributed by atoms with Crippen LogP contribution in [0.2, 0.25) is 0 Å². The van der Waals surface area contributed by atoms with E-state index in [0.717, 1.165) is 25.6 Å². The molecule has 9 heteroatoms. The molecule has 7 N–H and O–H groups in total. The first-order valence-corrected chi connectivity index (χ1v) is 7.67. The minimum absolute atomic E-state index is 0.197. The summed E-state index contributed by atoms with van der Waals surface area (Å²) in [6, 6.07) is 0.739. The molecule has 1 aliphatic carbocycles. The predicted molar refractivity (Wildman–Crippen MR) is 74.3 cm³/mol. The molecule has 114 valence electrons. The first-order chi connectivity index (χ1) is 8.79. The summed E-state index contributed by atoms with van der Waals surface area (Å²) in [6.45, 7) is 1.77. The zero-order chi connectivity index (χ0) is 14.7. The van der Waals surface area contributed by atoms with Gasteiger partial charge in [-0.15, -0.1) is 0 Å². The average molecular weight is 296 g/mol. The molecule has 0 amide bonds. The predicted octanol–water partition coefficient (Wildman–Crippen LogP) is -0.0806. The van der Waals surface area contributed by atoms with Crippen molar-refractivity contribution in [2.75, 3.05) is 13.1 Å². The highest BCUT2D eigenvalue weighted by molar-refractivity contribution is 7.79. The molecule has 1 aliphatic rings. The summed E-state index contributed by atoms with van der Waals surface area (Å²) in [5.74, 6) is 0.197. The van der Waals surface area contributed by atoms with Gasteiger partial charge in [0.2, 0.25) is 0 Å². The number of nitrogens with one attached hydrogen (secondary N) is 1. The van der Waals surface area contributed by atoms with E-state index in [9.17, 15) is 0 Å². The van der Waals surface area contributed by atoms with Crippen LogP contribution in [0, 0.1) is 0 Å². The highest BCUT2D eigenvalue weighted by atomic mass is 32.3. The topological polar surface area (TPSA) is 151 Å². The molecule has 0 aromatic carbocycles. The largest absolute Gasteiger partial charge is 0.394 e. The Labute approximate surface area is 114 Å². The first kappa shape index (κ1) is 18.1. The lowest BCUT2D eigenvalue weighted by atomic mass is 9.95. The molecule has 1 rings (SSSR count). The van der Waals surface area contributed by atoms with Gasteiger partial charge in [0.15, 0.2) is 5.96 Å². The minimum Gasteiger partial charge on any atom is -0.370 e. The van der Waals surface area contributed by atoms with Gasteiger partial charge in [0.05, 0.1) is 0 Å². The van der Waals surface area contributed by atoms with Crippen molar-refractivity contribution in [2.24, 2.45) is 16.5 Å². The van der Waals surface area contributed by atoms with Gasteiger partial charge in [-0.05, 0) is 25.8 Å². The van der Waals surface area contributed by atoms with Crippen molar-refractivity contribution in [3.05, 3.63) is 0 Å². The Balaban J connectivity index is 0.000000555. The van der Waals surface area contributed by atoms with Crippen LogP contribution in [0.5, 0.6) is 0 Å². The molecule has 0 saturated heterocycles. The molecule has 0 aromatic heterocycles. The first-order valence-electron chi connectivity index (χ1n) is 6.27. The fourth-order valence-electron chi connectivity index (χ4n) is 1.90. The summed E-state index contributed by atoms with van der Waals surface area (Å²) >= 11 is 0. The molecule has 0 unspecified atom stereocenters. The molecule has 0 radical (unpaired) electrons. The van der Waals surface area contributed by atoms with Gasteiger partial charge in [-0.25, -0.2) is 0 Å². The second kappa shape index (κ2) is 9.96. The highest BCUT2D eigenvalue weighted by Gasteiger charge is 2.11. The third-order valence-corrected chi connectivity index (χ3v) is 2.67. The van der Waals surface area contributed by atoms with Gasteiger partial charge in [-0.1, -0.05) is 19.3 Å². The standard InChI is InChI=1S/C10H22N4.H2O4S/c11-10(12)14-8-4-7-13-9-5-2-1-3-6-9;1-5(2,3)4/h9,13H,1-8H2,(H4,11,12,14);(H2,1,2,3,4). The van der Waals surface area contributed by atoms with Crippen LogP contribution >= 0.6 is 0 Å². The minimum atomic E-state index is -4.67. The number of guanidine groups is 1. The smallest absolute Gasteiger partial charge is 0.370 e. The van der Waals surface area contributed by atoms with Crippen molar-refractivity contribution in [1.29, 1.82) is 0 Å². The lowest BCUT2D eigenvalue weighted by molar-refractivity contribution is 0.373. The Kier molecular flexibility index (Phi) is 9.48. The van der Waals surface area contributed by atoms with Crippen molar-refractivity contribution >= 4 is 16.4 Å². The van der Waals surface area contributed by atoms with E-state index in [1.165, 1.54) is 32.1 Å². The van der Waals surface area contributed by atoms with Crippen LogP contribution in [0.1, 0.15) is 38.5 Å². The molecule has 0 atom stereocenters. The third kappa shape index (κ3) is 17.1. The van der Waals surface area contributed by atoms with Crippen LogP contribution in [0.25, 0.3) is 0 Å². The van der Waals surface area contributed by atoms with Crippen LogP contribution < -0.4 is 16.8 Å². The van der Waals surface area contributed by atoms with Crippen molar-refractivity contribution in [3.63, 3.8) is 0 Å². The summed E-state index contributed by atoms with van der Waals surface area (Å²) in [5.41, 5.74) is 10.4. The van der Waals surface area contributed by atoms with Gasteiger partial charge in [0, 0.05) is 12.6 Å². The van der Waals surface area contributed by atoms with Gasteiger partial charge in [0.1, 0.15) is 0 Å². The Morgan fingerprint density at radius 2 is 1.74 bits per heavy atom.